The van der Waals surface area contributed by atoms with Gasteiger partial charge in [-0.05, 0) is 48.1 Å². The van der Waals surface area contributed by atoms with Crippen molar-refractivity contribution in [2.75, 3.05) is 18.0 Å². The lowest BCUT2D eigenvalue weighted by molar-refractivity contribution is -0.128. The van der Waals surface area contributed by atoms with Crippen molar-refractivity contribution < 1.29 is 14.7 Å². The van der Waals surface area contributed by atoms with Crippen LogP contribution in [0.5, 0.6) is 0 Å². The molecule has 7 nitrogen and oxygen atoms in total. The lowest BCUT2D eigenvalue weighted by Gasteiger charge is -2.33. The number of aromatic carboxylic acids is 1. The second kappa shape index (κ2) is 10.5. The van der Waals surface area contributed by atoms with Crippen LogP contribution in [0.4, 0.5) is 5.69 Å². The Morgan fingerprint density at radius 1 is 1.16 bits per heavy atom. The number of nitrogens with one attached hydrogen (secondary N) is 1. The molecular formula is C28H34Cl2N4O3. The van der Waals surface area contributed by atoms with E-state index in [9.17, 15) is 14.7 Å². The summed E-state index contributed by atoms with van der Waals surface area (Å²) in [5.74, 6) is 0.335. The Bertz CT molecular complexity index is 1350. The van der Waals surface area contributed by atoms with E-state index in [0.717, 1.165) is 48.5 Å². The average molecular weight is 546 g/mol. The number of aromatic nitrogens is 2. The van der Waals surface area contributed by atoms with Gasteiger partial charge in [-0.2, -0.15) is 0 Å². The van der Waals surface area contributed by atoms with Crippen molar-refractivity contribution >= 4 is 51.8 Å². The molecule has 0 atom stereocenters. The van der Waals surface area contributed by atoms with E-state index in [-0.39, 0.29) is 11.5 Å². The highest BCUT2D eigenvalue weighted by Gasteiger charge is 2.25. The third kappa shape index (κ3) is 5.73. The van der Waals surface area contributed by atoms with E-state index >= 15 is 0 Å². The van der Waals surface area contributed by atoms with Gasteiger partial charge >= 0.3 is 5.97 Å². The molecule has 3 aromatic rings. The van der Waals surface area contributed by atoms with Crippen LogP contribution >= 0.6 is 23.2 Å². The first-order valence-electron chi connectivity index (χ1n) is 12.6. The van der Waals surface area contributed by atoms with Crippen LogP contribution in [0.3, 0.4) is 0 Å². The number of benzene rings is 2. The van der Waals surface area contributed by atoms with Crippen molar-refractivity contribution in [3.8, 4) is 0 Å². The van der Waals surface area contributed by atoms with Gasteiger partial charge in [0.25, 0.3) is 0 Å². The second-order valence-corrected chi connectivity index (χ2v) is 11.8. The summed E-state index contributed by atoms with van der Waals surface area (Å²) in [6.45, 7) is 9.77. The number of aryl methyl sites for hydroxylation is 1. The van der Waals surface area contributed by atoms with Gasteiger partial charge in [0.2, 0.25) is 5.91 Å². The summed E-state index contributed by atoms with van der Waals surface area (Å²) in [5, 5.41) is 13.9. The van der Waals surface area contributed by atoms with Crippen molar-refractivity contribution in [2.45, 2.75) is 53.5 Å². The number of halogens is 2. The Kier molecular flexibility index (Phi) is 7.77. The highest BCUT2D eigenvalue weighted by atomic mass is 35.5. The Labute approximate surface area is 227 Å². The number of imidazole rings is 1. The lowest BCUT2D eigenvalue weighted by Crippen LogP contribution is -2.34. The van der Waals surface area contributed by atoms with Crippen LogP contribution in [-0.4, -0.2) is 39.6 Å². The molecular weight excluding hydrogens is 511 g/mol. The van der Waals surface area contributed by atoms with E-state index in [1.54, 1.807) is 12.1 Å². The number of amides is 1. The Hall–Kier alpha value is -2.77. The number of nitrogens with zero attached hydrogens (tertiary/aromatic N) is 3. The van der Waals surface area contributed by atoms with Crippen molar-refractivity contribution in [1.29, 1.82) is 0 Å². The van der Waals surface area contributed by atoms with Crippen LogP contribution in [0.1, 0.15) is 67.8 Å². The summed E-state index contributed by atoms with van der Waals surface area (Å²) in [7, 11) is 1.92. The number of piperidine rings is 1. The standard InChI is InChI=1S/C28H34Cl2N4O3/c1-16-8-10-34(11-9-16)22-14-23-21(12-19(22)26(35)36)32-24(33(23)5)13-18-20(29)7-6-17(25(18)30)15-31-27(37)28(2,3)4/h6-7,12,14,16H,8-11,13,15H2,1-5H3,(H,31,37)(H,35,36). The fraction of sp³-hybridized carbons (Fsp3) is 0.464. The maximum Gasteiger partial charge on any atom is 0.337 e. The van der Waals surface area contributed by atoms with Gasteiger partial charge in [0, 0.05) is 43.5 Å². The molecule has 2 heterocycles. The lowest BCUT2D eigenvalue weighted by atomic mass is 9.95. The normalized spacial score (nSPS) is 14.8. The SMILES string of the molecule is CC1CCN(c2cc3c(cc2C(=O)O)nc(Cc2c(Cl)ccc(CNC(=O)C(C)(C)C)c2Cl)n3C)CC1. The molecule has 37 heavy (non-hydrogen) atoms. The molecule has 2 aromatic carbocycles. The zero-order valence-electron chi connectivity index (χ0n) is 22.0. The molecule has 1 aliphatic heterocycles. The molecule has 0 saturated carbocycles. The average Bonchev–Trinajstić information content (AvgIpc) is 3.14. The first-order chi connectivity index (χ1) is 17.4. The zero-order chi connectivity index (χ0) is 27.1. The predicted octanol–water partition coefficient (Wildman–Crippen LogP) is 6.07. The molecule has 1 fully saturated rings. The molecule has 0 radical (unpaired) electrons. The van der Waals surface area contributed by atoms with E-state index in [1.807, 2.05) is 44.5 Å². The maximum atomic E-state index is 12.3. The molecule has 0 spiro atoms. The highest BCUT2D eigenvalue weighted by Crippen LogP contribution is 2.34. The number of hydrogen-bond donors (Lipinski definition) is 2. The van der Waals surface area contributed by atoms with E-state index < -0.39 is 11.4 Å². The first-order valence-corrected chi connectivity index (χ1v) is 13.3. The molecule has 2 N–H and O–H groups in total. The molecule has 1 aromatic heterocycles. The number of carbonyl (C=O) groups is 2. The summed E-state index contributed by atoms with van der Waals surface area (Å²) in [6, 6.07) is 7.20. The van der Waals surface area contributed by atoms with Gasteiger partial charge in [0.1, 0.15) is 5.82 Å². The van der Waals surface area contributed by atoms with Gasteiger partial charge in [-0.15, -0.1) is 0 Å². The van der Waals surface area contributed by atoms with Crippen molar-refractivity contribution in [3.63, 3.8) is 0 Å². The first kappa shape index (κ1) is 27.3. The summed E-state index contributed by atoms with van der Waals surface area (Å²) in [6.07, 6.45) is 2.44. The van der Waals surface area contributed by atoms with Crippen molar-refractivity contribution in [3.05, 3.63) is 56.8 Å². The van der Waals surface area contributed by atoms with Crippen LogP contribution in [0.2, 0.25) is 10.0 Å². The molecule has 198 valence electrons. The molecule has 1 amide bonds. The molecule has 1 saturated heterocycles. The molecule has 9 heteroatoms. The molecule has 4 rings (SSSR count). The third-order valence-electron chi connectivity index (χ3n) is 7.17. The number of hydrogen-bond acceptors (Lipinski definition) is 4. The van der Waals surface area contributed by atoms with Crippen LogP contribution in [0.25, 0.3) is 11.0 Å². The number of rotatable bonds is 6. The molecule has 0 unspecified atom stereocenters. The minimum absolute atomic E-state index is 0.0661. The van der Waals surface area contributed by atoms with Crippen LogP contribution in [-0.2, 0) is 24.8 Å². The fourth-order valence-electron chi connectivity index (χ4n) is 4.66. The molecule has 0 bridgehead atoms. The summed E-state index contributed by atoms with van der Waals surface area (Å²) in [5.41, 5.74) is 3.45. The van der Waals surface area contributed by atoms with Gasteiger partial charge in [-0.3, -0.25) is 4.79 Å². The number of carboxylic acids is 1. The van der Waals surface area contributed by atoms with Crippen LogP contribution < -0.4 is 10.2 Å². The van der Waals surface area contributed by atoms with Gasteiger partial charge in [-0.1, -0.05) is 57.0 Å². The molecule has 0 aliphatic carbocycles. The van der Waals surface area contributed by atoms with Gasteiger partial charge < -0.3 is 19.9 Å². The minimum atomic E-state index is -0.959. The van der Waals surface area contributed by atoms with E-state index in [1.165, 1.54) is 0 Å². The molecule has 1 aliphatic rings. The van der Waals surface area contributed by atoms with E-state index in [4.69, 9.17) is 28.2 Å². The topological polar surface area (TPSA) is 87.5 Å². The van der Waals surface area contributed by atoms with Gasteiger partial charge in [0.05, 0.1) is 27.3 Å². The van der Waals surface area contributed by atoms with Gasteiger partial charge in [-0.25, -0.2) is 9.78 Å². The Morgan fingerprint density at radius 2 is 1.84 bits per heavy atom. The number of carbonyl (C=O) groups excluding carboxylic acids is 1. The Balaban J connectivity index is 1.67. The Morgan fingerprint density at radius 3 is 2.46 bits per heavy atom. The fourth-order valence-corrected chi connectivity index (χ4v) is 5.23. The smallest absolute Gasteiger partial charge is 0.337 e. The maximum absolute atomic E-state index is 12.3. The predicted molar refractivity (Wildman–Crippen MR) is 149 cm³/mol. The summed E-state index contributed by atoms with van der Waals surface area (Å²) in [4.78, 5) is 31.4. The van der Waals surface area contributed by atoms with Crippen LogP contribution in [0.15, 0.2) is 24.3 Å². The second-order valence-electron chi connectivity index (χ2n) is 11.0. The number of carboxylic acid groups (broad SMARTS) is 1. The zero-order valence-corrected chi connectivity index (χ0v) is 23.5. The third-order valence-corrected chi connectivity index (χ3v) is 7.99. The largest absolute Gasteiger partial charge is 0.478 e. The quantitative estimate of drug-likeness (QED) is 0.393. The van der Waals surface area contributed by atoms with Gasteiger partial charge in [0.15, 0.2) is 0 Å². The summed E-state index contributed by atoms with van der Waals surface area (Å²) >= 11 is 13.3. The van der Waals surface area contributed by atoms with Crippen LogP contribution in [0, 0.1) is 11.3 Å². The van der Waals surface area contributed by atoms with E-state index in [0.29, 0.717) is 40.0 Å². The number of anilines is 1. The van der Waals surface area contributed by atoms with Crippen molar-refractivity contribution in [1.82, 2.24) is 14.9 Å². The summed E-state index contributed by atoms with van der Waals surface area (Å²) < 4.78 is 1.97. The minimum Gasteiger partial charge on any atom is -0.478 e. The number of fused-ring (bicyclic) bond motifs is 1. The highest BCUT2D eigenvalue weighted by molar-refractivity contribution is 6.36. The van der Waals surface area contributed by atoms with E-state index in [2.05, 4.69) is 17.1 Å². The van der Waals surface area contributed by atoms with Crippen molar-refractivity contribution in [2.24, 2.45) is 18.4 Å². The monoisotopic (exact) mass is 544 g/mol.